The van der Waals surface area contributed by atoms with Gasteiger partial charge in [-0.3, -0.25) is 9.10 Å². The van der Waals surface area contributed by atoms with Gasteiger partial charge in [-0.25, -0.2) is 12.8 Å². The molecule has 1 atom stereocenters. The Kier molecular flexibility index (Phi) is 5.23. The van der Waals surface area contributed by atoms with Gasteiger partial charge < -0.3 is 5.32 Å². The Morgan fingerprint density at radius 2 is 1.62 bits per heavy atom. The molecule has 0 bridgehead atoms. The van der Waals surface area contributed by atoms with E-state index in [4.69, 9.17) is 0 Å². The lowest BCUT2D eigenvalue weighted by atomic mass is 10.2. The van der Waals surface area contributed by atoms with Crippen LogP contribution in [0.2, 0.25) is 0 Å². The molecular weight excluding hydrogens is 331 g/mol. The minimum Gasteiger partial charge on any atom is -0.324 e. The van der Waals surface area contributed by atoms with Crippen molar-refractivity contribution in [3.63, 3.8) is 0 Å². The highest BCUT2D eigenvalue weighted by Crippen LogP contribution is 2.22. The maximum absolute atomic E-state index is 12.9. The van der Waals surface area contributed by atoms with E-state index in [0.29, 0.717) is 11.4 Å². The van der Waals surface area contributed by atoms with Gasteiger partial charge in [-0.15, -0.1) is 0 Å². The van der Waals surface area contributed by atoms with E-state index in [1.54, 1.807) is 24.3 Å². The number of amides is 1. The van der Waals surface area contributed by atoms with E-state index in [9.17, 15) is 17.6 Å². The van der Waals surface area contributed by atoms with Crippen molar-refractivity contribution in [2.75, 3.05) is 15.9 Å². The molecule has 0 aliphatic heterocycles. The third-order valence-corrected chi connectivity index (χ3v) is 4.73. The zero-order valence-corrected chi connectivity index (χ0v) is 14.5. The van der Waals surface area contributed by atoms with Crippen LogP contribution in [0, 0.1) is 12.7 Å². The van der Waals surface area contributed by atoms with Crippen LogP contribution < -0.4 is 9.62 Å². The van der Waals surface area contributed by atoms with Crippen LogP contribution >= 0.6 is 0 Å². The normalized spacial score (nSPS) is 12.5. The number of aryl methyl sites for hydroxylation is 1. The second kappa shape index (κ2) is 7.00. The number of sulfonamides is 1. The van der Waals surface area contributed by atoms with Gasteiger partial charge in [0.1, 0.15) is 11.9 Å². The van der Waals surface area contributed by atoms with Crippen molar-refractivity contribution in [2.24, 2.45) is 0 Å². The third-order valence-electron chi connectivity index (χ3n) is 3.49. The van der Waals surface area contributed by atoms with Gasteiger partial charge in [0.05, 0.1) is 11.9 Å². The Labute approximate surface area is 141 Å². The van der Waals surface area contributed by atoms with E-state index in [-0.39, 0.29) is 0 Å². The van der Waals surface area contributed by atoms with Crippen LogP contribution in [0.5, 0.6) is 0 Å². The van der Waals surface area contributed by atoms with E-state index in [1.165, 1.54) is 31.2 Å². The first-order valence-corrected chi connectivity index (χ1v) is 9.16. The Balaban J connectivity index is 2.27. The molecule has 0 saturated heterocycles. The van der Waals surface area contributed by atoms with Crippen LogP contribution in [0.3, 0.4) is 0 Å². The van der Waals surface area contributed by atoms with Gasteiger partial charge in [0.25, 0.3) is 0 Å². The molecule has 0 unspecified atom stereocenters. The lowest BCUT2D eigenvalue weighted by Crippen LogP contribution is -2.45. The minimum atomic E-state index is -3.66. The van der Waals surface area contributed by atoms with Crippen LogP contribution in [0.1, 0.15) is 12.5 Å². The maximum atomic E-state index is 12.9. The minimum absolute atomic E-state index is 0.394. The van der Waals surface area contributed by atoms with E-state index in [1.807, 2.05) is 6.92 Å². The fourth-order valence-electron chi connectivity index (χ4n) is 2.28. The molecule has 2 rings (SSSR count). The first-order valence-electron chi connectivity index (χ1n) is 7.31. The van der Waals surface area contributed by atoms with Crippen LogP contribution in [-0.4, -0.2) is 26.6 Å². The summed E-state index contributed by atoms with van der Waals surface area (Å²) in [5.74, 6) is -0.925. The molecule has 1 amide bonds. The zero-order valence-electron chi connectivity index (χ0n) is 13.7. The molecule has 24 heavy (non-hydrogen) atoms. The Morgan fingerprint density at radius 3 is 2.12 bits per heavy atom. The summed E-state index contributed by atoms with van der Waals surface area (Å²) in [4.78, 5) is 12.4. The van der Waals surface area contributed by atoms with Gasteiger partial charge in [-0.1, -0.05) is 17.7 Å². The standard InChI is InChI=1S/C17H19FN2O3S/c1-12-4-10-16(11-5-12)20(24(3,22)23)13(2)17(21)19-15-8-6-14(18)7-9-15/h4-11,13H,1-3H3,(H,19,21)/t13-/m0/s1. The summed E-state index contributed by atoms with van der Waals surface area (Å²) in [7, 11) is -3.66. The molecule has 2 aromatic carbocycles. The molecule has 0 aliphatic carbocycles. The van der Waals surface area contributed by atoms with Gasteiger partial charge in [0.2, 0.25) is 15.9 Å². The summed E-state index contributed by atoms with van der Waals surface area (Å²) >= 11 is 0. The van der Waals surface area contributed by atoms with Gasteiger partial charge in [0, 0.05) is 5.69 Å². The zero-order chi connectivity index (χ0) is 17.9. The fraction of sp³-hybridized carbons (Fsp3) is 0.235. The number of hydrogen-bond donors (Lipinski definition) is 1. The Morgan fingerprint density at radius 1 is 1.08 bits per heavy atom. The number of nitrogens with one attached hydrogen (secondary N) is 1. The van der Waals surface area contributed by atoms with Crippen molar-refractivity contribution in [1.29, 1.82) is 0 Å². The molecule has 128 valence electrons. The first-order chi connectivity index (χ1) is 11.2. The lowest BCUT2D eigenvalue weighted by molar-refractivity contribution is -0.116. The molecular formula is C17H19FN2O3S. The quantitative estimate of drug-likeness (QED) is 0.902. The number of hydrogen-bond acceptors (Lipinski definition) is 3. The summed E-state index contributed by atoms with van der Waals surface area (Å²) in [6.45, 7) is 3.39. The summed E-state index contributed by atoms with van der Waals surface area (Å²) in [6, 6.07) is 11.1. The average Bonchev–Trinajstić information content (AvgIpc) is 2.50. The highest BCUT2D eigenvalue weighted by atomic mass is 32.2. The number of carbonyl (C=O) groups is 1. The Hall–Kier alpha value is -2.41. The van der Waals surface area contributed by atoms with E-state index in [2.05, 4.69) is 5.32 Å². The van der Waals surface area contributed by atoms with E-state index in [0.717, 1.165) is 16.1 Å². The SMILES string of the molecule is Cc1ccc(N([C@@H](C)C(=O)Nc2ccc(F)cc2)S(C)(=O)=O)cc1. The summed E-state index contributed by atoms with van der Waals surface area (Å²) in [6.07, 6.45) is 1.05. The number of nitrogens with zero attached hydrogens (tertiary/aromatic N) is 1. The number of carbonyl (C=O) groups excluding carboxylic acids is 1. The summed E-state index contributed by atoms with van der Waals surface area (Å²) < 4.78 is 38.3. The maximum Gasteiger partial charge on any atom is 0.247 e. The number of benzene rings is 2. The third kappa shape index (κ3) is 4.32. The Bertz CT molecular complexity index is 818. The second-order valence-corrected chi connectivity index (χ2v) is 7.43. The van der Waals surface area contributed by atoms with Crippen LogP contribution in [-0.2, 0) is 14.8 Å². The summed E-state index contributed by atoms with van der Waals surface area (Å²) in [5.41, 5.74) is 1.78. The van der Waals surface area contributed by atoms with Gasteiger partial charge in [-0.2, -0.15) is 0 Å². The van der Waals surface area contributed by atoms with Crippen molar-refractivity contribution in [3.8, 4) is 0 Å². The molecule has 0 heterocycles. The van der Waals surface area contributed by atoms with Crippen molar-refractivity contribution in [2.45, 2.75) is 19.9 Å². The van der Waals surface area contributed by atoms with Crippen molar-refractivity contribution in [1.82, 2.24) is 0 Å². The highest BCUT2D eigenvalue weighted by molar-refractivity contribution is 7.92. The molecule has 2 aromatic rings. The molecule has 7 heteroatoms. The molecule has 0 aliphatic rings. The predicted molar refractivity (Wildman–Crippen MR) is 93.0 cm³/mol. The molecule has 0 fully saturated rings. The predicted octanol–water partition coefficient (Wildman–Crippen LogP) is 2.93. The van der Waals surface area contributed by atoms with Crippen LogP contribution in [0.25, 0.3) is 0 Å². The number of rotatable bonds is 5. The van der Waals surface area contributed by atoms with Crippen molar-refractivity contribution >= 4 is 27.3 Å². The number of halogens is 1. The first kappa shape index (κ1) is 17.9. The topological polar surface area (TPSA) is 66.5 Å². The molecule has 1 N–H and O–H groups in total. The lowest BCUT2D eigenvalue weighted by Gasteiger charge is -2.28. The number of anilines is 2. The smallest absolute Gasteiger partial charge is 0.247 e. The van der Waals surface area contributed by atoms with Crippen molar-refractivity contribution < 1.29 is 17.6 Å². The van der Waals surface area contributed by atoms with Gasteiger partial charge in [-0.05, 0) is 50.2 Å². The molecule has 0 radical (unpaired) electrons. The average molecular weight is 350 g/mol. The highest BCUT2D eigenvalue weighted by Gasteiger charge is 2.29. The summed E-state index contributed by atoms with van der Waals surface area (Å²) in [5, 5.41) is 2.59. The molecule has 0 spiro atoms. The van der Waals surface area contributed by atoms with E-state index >= 15 is 0 Å². The van der Waals surface area contributed by atoms with Gasteiger partial charge >= 0.3 is 0 Å². The van der Waals surface area contributed by atoms with E-state index < -0.39 is 27.8 Å². The van der Waals surface area contributed by atoms with Gasteiger partial charge in [0.15, 0.2) is 0 Å². The van der Waals surface area contributed by atoms with Crippen molar-refractivity contribution in [3.05, 3.63) is 59.9 Å². The fourth-order valence-corrected chi connectivity index (χ4v) is 3.46. The van der Waals surface area contributed by atoms with Crippen LogP contribution in [0.4, 0.5) is 15.8 Å². The largest absolute Gasteiger partial charge is 0.324 e. The monoisotopic (exact) mass is 350 g/mol. The molecule has 5 nitrogen and oxygen atoms in total. The second-order valence-electron chi connectivity index (χ2n) is 5.57. The molecule has 0 aromatic heterocycles. The molecule has 0 saturated carbocycles. The van der Waals surface area contributed by atoms with Crippen LogP contribution in [0.15, 0.2) is 48.5 Å².